The van der Waals surface area contributed by atoms with Gasteiger partial charge in [-0.05, 0) is 20.3 Å². The Morgan fingerprint density at radius 3 is 2.50 bits per heavy atom. The molecule has 0 rings (SSSR count). The summed E-state index contributed by atoms with van der Waals surface area (Å²) in [6.07, 6.45) is 5.47. The molecule has 0 bridgehead atoms. The molecule has 0 aliphatic rings. The summed E-state index contributed by atoms with van der Waals surface area (Å²) < 4.78 is 5.11. The van der Waals surface area contributed by atoms with Gasteiger partial charge < -0.3 is 4.74 Å². The van der Waals surface area contributed by atoms with Gasteiger partial charge in [-0.3, -0.25) is 4.79 Å². The fourth-order valence-electron chi connectivity index (χ4n) is 1.37. The molecule has 92 valence electrons. The summed E-state index contributed by atoms with van der Waals surface area (Å²) in [5.41, 5.74) is -1.01. The van der Waals surface area contributed by atoms with Crippen molar-refractivity contribution in [2.45, 2.75) is 65.4 Å². The van der Waals surface area contributed by atoms with Gasteiger partial charge in [-0.15, -0.1) is 0 Å². The molecule has 3 heteroatoms. The summed E-state index contributed by atoms with van der Waals surface area (Å²) in [6.45, 7) is 7.23. The third-order valence-corrected chi connectivity index (χ3v) is 2.52. The van der Waals surface area contributed by atoms with E-state index in [1.54, 1.807) is 13.8 Å². The third kappa shape index (κ3) is 6.44. The summed E-state index contributed by atoms with van der Waals surface area (Å²) in [4.78, 5) is 11.6. The second-order valence-corrected chi connectivity index (χ2v) is 4.79. The predicted octanol–water partition coefficient (Wildman–Crippen LogP) is 3.44. The number of nitriles is 1. The van der Waals surface area contributed by atoms with Crippen LogP contribution in [0, 0.1) is 17.2 Å². The molecular weight excluding hydrogens is 202 g/mol. The number of carbonyl (C=O) groups excluding carboxylic acids is 1. The molecule has 0 aromatic carbocycles. The van der Waals surface area contributed by atoms with Gasteiger partial charge in [0, 0.05) is 0 Å². The van der Waals surface area contributed by atoms with E-state index in [1.165, 1.54) is 12.8 Å². The highest BCUT2D eigenvalue weighted by Crippen LogP contribution is 2.16. The maximum Gasteiger partial charge on any atom is 0.310 e. The second-order valence-electron chi connectivity index (χ2n) is 4.79. The van der Waals surface area contributed by atoms with Gasteiger partial charge in [0.2, 0.25) is 0 Å². The highest BCUT2D eigenvalue weighted by atomic mass is 16.6. The van der Waals surface area contributed by atoms with Crippen molar-refractivity contribution >= 4 is 5.97 Å². The van der Waals surface area contributed by atoms with E-state index >= 15 is 0 Å². The van der Waals surface area contributed by atoms with E-state index in [9.17, 15) is 4.79 Å². The average molecular weight is 225 g/mol. The quantitative estimate of drug-likeness (QED) is 0.492. The maximum absolute atomic E-state index is 11.6. The van der Waals surface area contributed by atoms with Gasteiger partial charge in [-0.2, -0.15) is 5.26 Å². The number of carbonyl (C=O) groups is 1. The van der Waals surface area contributed by atoms with Crippen LogP contribution >= 0.6 is 0 Å². The Hall–Kier alpha value is -1.04. The lowest BCUT2D eigenvalue weighted by Crippen LogP contribution is -2.29. The van der Waals surface area contributed by atoms with Gasteiger partial charge in [0.15, 0.2) is 5.60 Å². The van der Waals surface area contributed by atoms with Gasteiger partial charge in [0.05, 0.1) is 5.92 Å². The lowest BCUT2D eigenvalue weighted by molar-refractivity contribution is -0.156. The Balaban J connectivity index is 3.87. The fraction of sp³-hybridized carbons (Fsp3) is 0.846. The van der Waals surface area contributed by atoms with E-state index in [1.807, 2.05) is 13.0 Å². The lowest BCUT2D eigenvalue weighted by Gasteiger charge is -2.19. The largest absolute Gasteiger partial charge is 0.444 e. The molecule has 0 heterocycles. The van der Waals surface area contributed by atoms with Crippen molar-refractivity contribution in [1.29, 1.82) is 5.26 Å². The molecule has 0 radical (unpaired) electrons. The summed E-state index contributed by atoms with van der Waals surface area (Å²) in [7, 11) is 0. The SMILES string of the molecule is CCCCCCC(C)C(=O)OC(C)(C)C#N. The zero-order valence-corrected chi connectivity index (χ0v) is 10.9. The number of rotatable bonds is 7. The van der Waals surface area contributed by atoms with E-state index in [4.69, 9.17) is 10.00 Å². The molecule has 1 unspecified atom stereocenters. The Morgan fingerprint density at radius 1 is 1.38 bits per heavy atom. The molecule has 0 aromatic heterocycles. The predicted molar refractivity (Wildman–Crippen MR) is 63.7 cm³/mol. The van der Waals surface area contributed by atoms with E-state index in [-0.39, 0.29) is 11.9 Å². The standard InChI is InChI=1S/C13H23NO2/c1-5-6-7-8-9-11(2)12(15)16-13(3,4)10-14/h11H,5-9H2,1-4H3. The Morgan fingerprint density at radius 2 is 2.00 bits per heavy atom. The number of esters is 1. The Bertz CT molecular complexity index is 253. The van der Waals surface area contributed by atoms with Crippen molar-refractivity contribution in [3.05, 3.63) is 0 Å². The number of hydrogen-bond acceptors (Lipinski definition) is 3. The number of unbranched alkanes of at least 4 members (excludes halogenated alkanes) is 3. The second kappa shape index (κ2) is 7.27. The Labute approximate surface area is 98.8 Å². The zero-order chi connectivity index (χ0) is 12.6. The van der Waals surface area contributed by atoms with Crippen LogP contribution in [0.15, 0.2) is 0 Å². The van der Waals surface area contributed by atoms with Gasteiger partial charge in [-0.25, -0.2) is 0 Å². The van der Waals surface area contributed by atoms with Crippen molar-refractivity contribution in [1.82, 2.24) is 0 Å². The Kier molecular flexibility index (Phi) is 6.80. The monoisotopic (exact) mass is 225 g/mol. The molecule has 0 fully saturated rings. The first-order valence-electron chi connectivity index (χ1n) is 6.07. The zero-order valence-electron chi connectivity index (χ0n) is 10.9. The van der Waals surface area contributed by atoms with E-state index in [2.05, 4.69) is 6.92 Å². The van der Waals surface area contributed by atoms with Crippen molar-refractivity contribution in [2.75, 3.05) is 0 Å². The van der Waals surface area contributed by atoms with Crippen LogP contribution in [0.2, 0.25) is 0 Å². The first-order chi connectivity index (χ1) is 7.43. The van der Waals surface area contributed by atoms with Crippen molar-refractivity contribution < 1.29 is 9.53 Å². The minimum absolute atomic E-state index is 0.107. The first kappa shape index (κ1) is 15.0. The van der Waals surface area contributed by atoms with Crippen LogP contribution in [0.5, 0.6) is 0 Å². The van der Waals surface area contributed by atoms with Crippen LogP contribution < -0.4 is 0 Å². The number of ether oxygens (including phenoxy) is 1. The molecule has 1 atom stereocenters. The minimum Gasteiger partial charge on any atom is -0.444 e. The molecule has 0 N–H and O–H groups in total. The fourth-order valence-corrected chi connectivity index (χ4v) is 1.37. The molecular formula is C13H23NO2. The lowest BCUT2D eigenvalue weighted by atomic mass is 10.0. The van der Waals surface area contributed by atoms with Crippen LogP contribution in [-0.4, -0.2) is 11.6 Å². The summed E-state index contributed by atoms with van der Waals surface area (Å²) in [5.74, 6) is -0.368. The van der Waals surface area contributed by atoms with Gasteiger partial charge in [0.1, 0.15) is 6.07 Å². The molecule has 0 aromatic rings. The molecule has 0 aliphatic heterocycles. The number of hydrogen-bond donors (Lipinski definition) is 0. The molecule has 0 saturated heterocycles. The minimum atomic E-state index is -1.01. The molecule has 16 heavy (non-hydrogen) atoms. The van der Waals surface area contributed by atoms with Crippen LogP contribution in [-0.2, 0) is 9.53 Å². The first-order valence-corrected chi connectivity index (χ1v) is 6.07. The summed E-state index contributed by atoms with van der Waals surface area (Å²) in [5, 5.41) is 8.74. The topological polar surface area (TPSA) is 50.1 Å². The highest BCUT2D eigenvalue weighted by molar-refractivity contribution is 5.72. The van der Waals surface area contributed by atoms with E-state index in [0.29, 0.717) is 0 Å². The van der Waals surface area contributed by atoms with Crippen LogP contribution in [0.3, 0.4) is 0 Å². The highest BCUT2D eigenvalue weighted by Gasteiger charge is 2.25. The summed E-state index contributed by atoms with van der Waals surface area (Å²) >= 11 is 0. The van der Waals surface area contributed by atoms with Crippen molar-refractivity contribution in [3.8, 4) is 6.07 Å². The van der Waals surface area contributed by atoms with Crippen molar-refractivity contribution in [3.63, 3.8) is 0 Å². The van der Waals surface area contributed by atoms with Crippen molar-refractivity contribution in [2.24, 2.45) is 5.92 Å². The summed E-state index contributed by atoms with van der Waals surface area (Å²) in [6, 6.07) is 1.96. The maximum atomic E-state index is 11.6. The molecule has 0 aliphatic carbocycles. The number of nitrogens with zero attached hydrogens (tertiary/aromatic N) is 1. The van der Waals surface area contributed by atoms with E-state index < -0.39 is 5.60 Å². The molecule has 0 spiro atoms. The third-order valence-electron chi connectivity index (χ3n) is 2.52. The van der Waals surface area contributed by atoms with Crippen LogP contribution in [0.4, 0.5) is 0 Å². The molecule has 0 amide bonds. The molecule has 3 nitrogen and oxygen atoms in total. The van der Waals surface area contributed by atoms with Gasteiger partial charge in [0.25, 0.3) is 0 Å². The van der Waals surface area contributed by atoms with E-state index in [0.717, 1.165) is 19.3 Å². The van der Waals surface area contributed by atoms with Crippen LogP contribution in [0.25, 0.3) is 0 Å². The average Bonchev–Trinajstić information content (AvgIpc) is 2.23. The molecule has 0 saturated carbocycles. The van der Waals surface area contributed by atoms with Gasteiger partial charge >= 0.3 is 5.97 Å². The smallest absolute Gasteiger partial charge is 0.310 e. The van der Waals surface area contributed by atoms with Gasteiger partial charge in [-0.1, -0.05) is 39.5 Å². The van der Waals surface area contributed by atoms with Crippen LogP contribution in [0.1, 0.15) is 59.8 Å². The normalized spacial score (nSPS) is 12.9.